The molecule has 2 fully saturated rings. The van der Waals surface area contributed by atoms with Gasteiger partial charge in [-0.15, -0.1) is 10.2 Å². The molecule has 1 saturated heterocycles. The van der Waals surface area contributed by atoms with Crippen LogP contribution in [0.4, 0.5) is 23.2 Å². The number of piperazine rings is 1. The molecular weight excluding hydrogens is 514 g/mol. The first-order valence-corrected chi connectivity index (χ1v) is 14.0. The second kappa shape index (κ2) is 9.99. The maximum absolute atomic E-state index is 13.9. The molecule has 1 aliphatic heterocycles. The van der Waals surface area contributed by atoms with E-state index < -0.39 is 42.5 Å². The van der Waals surface area contributed by atoms with Crippen molar-refractivity contribution in [2.75, 3.05) is 24.8 Å². The van der Waals surface area contributed by atoms with E-state index in [4.69, 9.17) is 0 Å². The van der Waals surface area contributed by atoms with Crippen molar-refractivity contribution in [3.8, 4) is 10.7 Å². The number of nitrogens with zero attached hydrogens (tertiary/aromatic N) is 5. The first-order chi connectivity index (χ1) is 17.3. The standard InChI is InChI=1S/C23H29F4N7S2/c1-4-36(32-23(3)5-6-23)15-7-17(33-11-14(8-24)29-16(9-25)13(33)2)20-28-10-18(34(20)12-15)21-30-31-22(35-21)19(26)27/h4,7,10,12-14,16,19,29,32H,5-6,8-9,11H2,1-3H3/t13-,14+,16-,36?/m1/s1. The van der Waals surface area contributed by atoms with Crippen LogP contribution in [0.5, 0.6) is 0 Å². The van der Waals surface area contributed by atoms with E-state index in [2.05, 4.69) is 37.5 Å². The van der Waals surface area contributed by atoms with Crippen LogP contribution in [0.15, 0.2) is 23.4 Å². The van der Waals surface area contributed by atoms with Crippen molar-refractivity contribution in [2.24, 2.45) is 0 Å². The van der Waals surface area contributed by atoms with Gasteiger partial charge in [-0.2, -0.15) is 0 Å². The SMILES string of the molecule is C/C=S(/NC1(C)CC1)c1cc(N2C[C@H](CF)N[C@H](CF)[C@H]2C)c2ncc(-c3nnc(C(F)F)s3)n2c1. The summed E-state index contributed by atoms with van der Waals surface area (Å²) < 4.78 is 59.6. The van der Waals surface area contributed by atoms with Crippen molar-refractivity contribution in [3.63, 3.8) is 0 Å². The minimum Gasteiger partial charge on any atom is -0.362 e. The molecule has 4 atom stereocenters. The zero-order valence-corrected chi connectivity index (χ0v) is 21.9. The van der Waals surface area contributed by atoms with Crippen LogP contribution in [0.2, 0.25) is 0 Å². The Balaban J connectivity index is 1.67. The van der Waals surface area contributed by atoms with Gasteiger partial charge in [0.2, 0.25) is 0 Å². The molecule has 13 heteroatoms. The average molecular weight is 544 g/mol. The van der Waals surface area contributed by atoms with Crippen LogP contribution in [0.3, 0.4) is 0 Å². The lowest BCUT2D eigenvalue weighted by Crippen LogP contribution is -2.63. The Hall–Kier alpha value is -2.09. The molecule has 0 spiro atoms. The number of alkyl halides is 4. The molecule has 3 aromatic rings. The third-order valence-electron chi connectivity index (χ3n) is 6.86. The Morgan fingerprint density at radius 2 is 2.08 bits per heavy atom. The first-order valence-electron chi connectivity index (χ1n) is 11.8. The molecule has 1 unspecified atom stereocenters. The summed E-state index contributed by atoms with van der Waals surface area (Å²) in [6, 6.07) is 0.723. The van der Waals surface area contributed by atoms with Crippen molar-refractivity contribution in [1.82, 2.24) is 29.6 Å². The number of nitrogens with one attached hydrogen (secondary N) is 2. The Bertz CT molecular complexity index is 1270. The van der Waals surface area contributed by atoms with E-state index >= 15 is 0 Å². The van der Waals surface area contributed by atoms with E-state index in [9.17, 15) is 17.6 Å². The second-order valence-corrected chi connectivity index (χ2v) is 12.4. The molecule has 0 bridgehead atoms. The van der Waals surface area contributed by atoms with Crippen molar-refractivity contribution < 1.29 is 17.6 Å². The monoisotopic (exact) mass is 543 g/mol. The Morgan fingerprint density at radius 3 is 2.69 bits per heavy atom. The van der Waals surface area contributed by atoms with E-state index in [1.807, 2.05) is 35.4 Å². The molecule has 1 saturated carbocycles. The normalized spacial score (nSPS) is 24.7. The lowest BCUT2D eigenvalue weighted by molar-refractivity contribution is 0.150. The van der Waals surface area contributed by atoms with Gasteiger partial charge in [0, 0.05) is 29.2 Å². The van der Waals surface area contributed by atoms with Crippen molar-refractivity contribution in [3.05, 3.63) is 23.5 Å². The molecule has 2 N–H and O–H groups in total. The lowest BCUT2D eigenvalue weighted by atomic mass is 10.0. The number of hydrogen-bond acceptors (Lipinski definition) is 7. The highest BCUT2D eigenvalue weighted by atomic mass is 32.2. The average Bonchev–Trinajstić information content (AvgIpc) is 3.25. The number of halogens is 4. The molecule has 36 heavy (non-hydrogen) atoms. The van der Waals surface area contributed by atoms with Crippen molar-refractivity contribution >= 4 is 38.7 Å². The fourth-order valence-corrected chi connectivity index (χ4v) is 6.88. The highest BCUT2D eigenvalue weighted by Gasteiger charge is 2.38. The van der Waals surface area contributed by atoms with Gasteiger partial charge in [-0.1, -0.05) is 22.0 Å². The van der Waals surface area contributed by atoms with Gasteiger partial charge in [-0.3, -0.25) is 9.12 Å². The predicted molar refractivity (Wildman–Crippen MR) is 137 cm³/mol. The molecule has 0 radical (unpaired) electrons. The van der Waals surface area contributed by atoms with E-state index in [1.165, 1.54) is 0 Å². The maximum Gasteiger partial charge on any atom is 0.291 e. The molecular formula is C23H29F4N7S2. The Morgan fingerprint density at radius 1 is 1.31 bits per heavy atom. The number of fused-ring (bicyclic) bond motifs is 1. The van der Waals surface area contributed by atoms with Crippen LogP contribution in [-0.2, 0) is 0 Å². The topological polar surface area (TPSA) is 70.4 Å². The molecule has 0 aromatic carbocycles. The zero-order chi connectivity index (χ0) is 25.6. The highest BCUT2D eigenvalue weighted by molar-refractivity contribution is 8.13. The van der Waals surface area contributed by atoms with Gasteiger partial charge in [0.25, 0.3) is 6.43 Å². The van der Waals surface area contributed by atoms with Gasteiger partial charge >= 0.3 is 0 Å². The number of hydrogen-bond donors (Lipinski definition) is 2. The summed E-state index contributed by atoms with van der Waals surface area (Å²) in [4.78, 5) is 7.58. The van der Waals surface area contributed by atoms with Crippen LogP contribution in [0.25, 0.3) is 16.3 Å². The summed E-state index contributed by atoms with van der Waals surface area (Å²) in [6.07, 6.45) is 3.00. The van der Waals surface area contributed by atoms with Crippen LogP contribution >= 0.6 is 22.0 Å². The van der Waals surface area contributed by atoms with Crippen LogP contribution in [-0.4, -0.2) is 68.5 Å². The predicted octanol–water partition coefficient (Wildman–Crippen LogP) is 4.77. The molecule has 3 aromatic heterocycles. The first kappa shape index (κ1) is 25.6. The smallest absolute Gasteiger partial charge is 0.291 e. The van der Waals surface area contributed by atoms with Gasteiger partial charge in [-0.25, -0.2) is 22.5 Å². The van der Waals surface area contributed by atoms with Gasteiger partial charge < -0.3 is 10.2 Å². The van der Waals surface area contributed by atoms with Crippen molar-refractivity contribution in [2.45, 2.75) is 68.6 Å². The number of imidazole rings is 1. The van der Waals surface area contributed by atoms with Crippen LogP contribution in [0.1, 0.15) is 45.0 Å². The van der Waals surface area contributed by atoms with Gasteiger partial charge in [-0.05, 0) is 45.0 Å². The van der Waals surface area contributed by atoms with Crippen molar-refractivity contribution in [1.29, 1.82) is 0 Å². The molecule has 5 rings (SSSR count). The van der Waals surface area contributed by atoms with E-state index in [0.29, 0.717) is 22.9 Å². The summed E-state index contributed by atoms with van der Waals surface area (Å²) in [5.74, 6) is 0. The minimum atomic E-state index is -2.71. The van der Waals surface area contributed by atoms with E-state index in [1.54, 1.807) is 6.20 Å². The van der Waals surface area contributed by atoms with Gasteiger partial charge in [0.1, 0.15) is 19.0 Å². The fourth-order valence-electron chi connectivity index (χ4n) is 4.47. The largest absolute Gasteiger partial charge is 0.362 e. The van der Waals surface area contributed by atoms with Gasteiger partial charge in [0.15, 0.2) is 15.7 Å². The summed E-state index contributed by atoms with van der Waals surface area (Å²) in [5.41, 5.74) is 1.92. The Kier molecular flexibility index (Phi) is 7.09. The second-order valence-electron chi connectivity index (χ2n) is 9.55. The molecule has 2 aliphatic rings. The number of rotatable bonds is 8. The number of aromatic nitrogens is 4. The molecule has 196 valence electrons. The summed E-state index contributed by atoms with van der Waals surface area (Å²) >= 11 is 0.827. The Labute approximate surface area is 213 Å². The third-order valence-corrected chi connectivity index (χ3v) is 9.72. The van der Waals surface area contributed by atoms with Crippen LogP contribution < -0.4 is 14.9 Å². The van der Waals surface area contributed by atoms with E-state index in [-0.39, 0.29) is 16.6 Å². The summed E-state index contributed by atoms with van der Waals surface area (Å²) in [6.45, 7) is 5.18. The van der Waals surface area contributed by atoms with Crippen LogP contribution in [0, 0.1) is 0 Å². The molecule has 7 nitrogen and oxygen atoms in total. The summed E-state index contributed by atoms with van der Waals surface area (Å²) in [5, 5.41) is 12.8. The highest BCUT2D eigenvalue weighted by Crippen LogP contribution is 2.42. The summed E-state index contributed by atoms with van der Waals surface area (Å²) in [7, 11) is -0.422. The number of pyridine rings is 1. The zero-order valence-electron chi connectivity index (χ0n) is 20.2. The maximum atomic E-state index is 13.9. The number of anilines is 1. The molecule has 1 aliphatic carbocycles. The fraction of sp³-hybridized carbons (Fsp3) is 0.565. The van der Waals surface area contributed by atoms with Gasteiger partial charge in [0.05, 0.1) is 24.0 Å². The molecule has 4 heterocycles. The third kappa shape index (κ3) is 4.77. The lowest BCUT2D eigenvalue weighted by Gasteiger charge is -2.44. The van der Waals surface area contributed by atoms with E-state index in [0.717, 1.165) is 34.8 Å². The molecule has 0 amide bonds. The quantitative estimate of drug-likeness (QED) is 0.315. The minimum absolute atomic E-state index is 0.0644.